The standard InChI is InChI=1S/C53H73N5O4/c1-47(2,3)62-46(60)58-28-26-57(27-29-58)36-18-16-35(17-19-36)37-30-41-50(8)31-38-43(55-56-44(38)54)49(6,7)40(50)20-21-51(41,9)52(10)23-25-53(24-22-48(4,5)32-39(53)42(37)52)45(59)61-33-34-14-12-11-13-15-34/h11-19,39-41H,20-33H2,1-10H3,(H3,54,55,56)/t39?,40?,41?,50-,51+,52+,53-/m0/s1. The lowest BCUT2D eigenvalue weighted by molar-refractivity contribution is -0.181. The van der Waals surface area contributed by atoms with E-state index in [-0.39, 0.29) is 45.1 Å². The van der Waals surface area contributed by atoms with Crippen LogP contribution in [-0.2, 0) is 32.7 Å². The van der Waals surface area contributed by atoms with Crippen LogP contribution in [0.15, 0.2) is 60.2 Å². The molecule has 9 rings (SSSR count). The first kappa shape index (κ1) is 43.0. The smallest absolute Gasteiger partial charge is 0.410 e. The average Bonchev–Trinajstić information content (AvgIpc) is 3.59. The van der Waals surface area contributed by atoms with Crippen molar-refractivity contribution >= 4 is 29.1 Å². The van der Waals surface area contributed by atoms with Crippen molar-refractivity contribution in [2.45, 2.75) is 145 Å². The van der Waals surface area contributed by atoms with Crippen molar-refractivity contribution in [1.29, 1.82) is 0 Å². The Hall–Kier alpha value is -4.27. The number of ether oxygens (including phenoxy) is 2. The number of allylic oxidation sites excluding steroid dienone is 2. The third kappa shape index (κ3) is 6.71. The van der Waals surface area contributed by atoms with Crippen molar-refractivity contribution in [2.24, 2.45) is 44.8 Å². The monoisotopic (exact) mass is 844 g/mol. The first-order chi connectivity index (χ1) is 29.1. The Morgan fingerprint density at radius 2 is 1.53 bits per heavy atom. The number of nitrogens with two attached hydrogens (primary N) is 1. The maximum atomic E-state index is 15.0. The first-order valence-corrected chi connectivity index (χ1v) is 23.7. The number of hydrogen-bond donors (Lipinski definition) is 2. The number of nitrogens with zero attached hydrogens (tertiary/aromatic N) is 3. The molecule has 1 aliphatic heterocycles. The van der Waals surface area contributed by atoms with Gasteiger partial charge in [0.25, 0.3) is 0 Å². The Morgan fingerprint density at radius 3 is 2.21 bits per heavy atom. The number of nitrogens with one attached hydrogen (secondary N) is 1. The Labute approximate surface area is 370 Å². The van der Waals surface area contributed by atoms with E-state index in [1.807, 2.05) is 43.9 Å². The van der Waals surface area contributed by atoms with E-state index in [9.17, 15) is 4.79 Å². The van der Waals surface area contributed by atoms with E-state index in [1.54, 1.807) is 5.57 Å². The summed E-state index contributed by atoms with van der Waals surface area (Å²) in [6.07, 6.45) is 8.64. The van der Waals surface area contributed by atoms with Crippen LogP contribution in [0, 0.1) is 44.8 Å². The zero-order valence-electron chi connectivity index (χ0n) is 39.4. The van der Waals surface area contributed by atoms with Gasteiger partial charge < -0.3 is 25.0 Å². The number of hydrogen-bond acceptors (Lipinski definition) is 7. The number of aromatic nitrogens is 2. The van der Waals surface area contributed by atoms with E-state index >= 15 is 4.79 Å². The van der Waals surface area contributed by atoms with Crippen molar-refractivity contribution in [3.05, 3.63) is 82.6 Å². The Morgan fingerprint density at radius 1 is 0.855 bits per heavy atom. The van der Waals surface area contributed by atoms with E-state index < -0.39 is 11.0 Å². The molecule has 9 heteroatoms. The lowest BCUT2D eigenvalue weighted by Crippen LogP contribution is -2.65. The molecule has 4 fully saturated rings. The fraction of sp³-hybridized carbons (Fsp3) is 0.642. The molecule has 0 bridgehead atoms. The minimum absolute atomic E-state index is 0.00318. The molecular formula is C53H73N5O4. The Bertz CT molecular complexity index is 2250. The van der Waals surface area contributed by atoms with Gasteiger partial charge in [-0.2, -0.15) is 5.10 Å². The summed E-state index contributed by atoms with van der Waals surface area (Å²) in [5, 5.41) is 8.05. The summed E-state index contributed by atoms with van der Waals surface area (Å²) >= 11 is 0. The number of carbonyl (C=O) groups excluding carboxylic acids is 2. The van der Waals surface area contributed by atoms with Crippen LogP contribution in [0.2, 0.25) is 0 Å². The Balaban J connectivity index is 1.14. The predicted molar refractivity (Wildman–Crippen MR) is 247 cm³/mol. The van der Waals surface area contributed by atoms with E-state index in [4.69, 9.17) is 20.3 Å². The van der Waals surface area contributed by atoms with E-state index in [0.717, 1.165) is 88.0 Å². The molecule has 6 aliphatic rings. The molecule has 1 aromatic heterocycles. The SMILES string of the molecule is CC1(C)CC[C@]2(C(=O)OCc3ccccc3)CC[C@]3(C)C(=C(c4ccc(N5CCN(C(=O)OC(C)(C)C)CC5)cc4)CC4[C@@]5(C)Cc6c(n[nH]c6N)C(C)(C)C5CC[C@]43C)C2C1. The van der Waals surface area contributed by atoms with Crippen LogP contribution < -0.4 is 10.6 Å². The van der Waals surface area contributed by atoms with Gasteiger partial charge in [-0.15, -0.1) is 0 Å². The minimum Gasteiger partial charge on any atom is -0.460 e. The number of rotatable bonds is 5. The molecule has 62 heavy (non-hydrogen) atoms. The summed E-state index contributed by atoms with van der Waals surface area (Å²) in [6, 6.07) is 19.5. The second-order valence-electron chi connectivity index (χ2n) is 23.5. The average molecular weight is 844 g/mol. The van der Waals surface area contributed by atoms with Crippen LogP contribution in [0.1, 0.15) is 143 Å². The molecule has 2 heterocycles. The molecule has 3 unspecified atom stereocenters. The maximum absolute atomic E-state index is 15.0. The minimum atomic E-state index is -0.560. The number of H-pyrrole nitrogens is 1. The molecule has 3 N–H and O–H groups in total. The fourth-order valence-electron chi connectivity index (χ4n) is 14.6. The van der Waals surface area contributed by atoms with Crippen molar-refractivity contribution in [2.75, 3.05) is 36.8 Å². The number of nitrogen functional groups attached to an aromatic ring is 1. The van der Waals surface area contributed by atoms with Crippen molar-refractivity contribution in [1.82, 2.24) is 15.1 Å². The highest BCUT2D eigenvalue weighted by atomic mass is 16.6. The second kappa shape index (κ2) is 14.6. The number of amides is 1. The van der Waals surface area contributed by atoms with E-state index in [2.05, 4.69) is 94.9 Å². The highest BCUT2D eigenvalue weighted by Crippen LogP contribution is 2.77. The molecule has 334 valence electrons. The van der Waals surface area contributed by atoms with Gasteiger partial charge in [0, 0.05) is 42.8 Å². The quantitative estimate of drug-likeness (QED) is 0.246. The third-order valence-electron chi connectivity index (χ3n) is 18.1. The number of benzene rings is 2. The van der Waals surface area contributed by atoms with Gasteiger partial charge in [-0.25, -0.2) is 4.79 Å². The molecule has 2 aromatic carbocycles. The van der Waals surface area contributed by atoms with Gasteiger partial charge >= 0.3 is 12.1 Å². The number of piperazine rings is 1. The molecular weight excluding hydrogens is 771 g/mol. The molecule has 5 aliphatic carbocycles. The van der Waals surface area contributed by atoms with Crippen LogP contribution in [0.3, 0.4) is 0 Å². The van der Waals surface area contributed by atoms with Gasteiger partial charge in [-0.05, 0) is 147 Å². The molecule has 7 atom stereocenters. The van der Waals surface area contributed by atoms with Crippen LogP contribution in [0.4, 0.5) is 16.3 Å². The Kier molecular flexibility index (Phi) is 10.1. The summed E-state index contributed by atoms with van der Waals surface area (Å²) in [6.45, 7) is 26.4. The lowest BCUT2D eigenvalue weighted by Gasteiger charge is -2.71. The zero-order chi connectivity index (χ0) is 44.3. The van der Waals surface area contributed by atoms with Crippen molar-refractivity contribution in [3.63, 3.8) is 0 Å². The van der Waals surface area contributed by atoms with E-state index in [1.165, 1.54) is 22.4 Å². The number of aromatic amines is 1. The van der Waals surface area contributed by atoms with Crippen molar-refractivity contribution in [3.8, 4) is 0 Å². The number of carbonyl (C=O) groups is 2. The normalized spacial score (nSPS) is 33.6. The van der Waals surface area contributed by atoms with Crippen LogP contribution in [0.5, 0.6) is 0 Å². The molecule has 3 aromatic rings. The molecule has 0 radical (unpaired) electrons. The highest BCUT2D eigenvalue weighted by Gasteiger charge is 2.70. The second-order valence-corrected chi connectivity index (χ2v) is 23.5. The molecule has 1 saturated heterocycles. The summed E-state index contributed by atoms with van der Waals surface area (Å²) in [7, 11) is 0. The van der Waals surface area contributed by atoms with Gasteiger partial charge in [0.1, 0.15) is 18.0 Å². The van der Waals surface area contributed by atoms with Crippen LogP contribution in [0.25, 0.3) is 5.57 Å². The van der Waals surface area contributed by atoms with Gasteiger partial charge in [0.05, 0.1) is 11.1 Å². The van der Waals surface area contributed by atoms with Gasteiger partial charge in [0.15, 0.2) is 0 Å². The van der Waals surface area contributed by atoms with Crippen LogP contribution >= 0.6 is 0 Å². The molecule has 3 saturated carbocycles. The number of esters is 1. The molecule has 0 spiro atoms. The lowest BCUT2D eigenvalue weighted by atomic mass is 9.33. The van der Waals surface area contributed by atoms with Crippen molar-refractivity contribution < 1.29 is 19.1 Å². The van der Waals surface area contributed by atoms with Gasteiger partial charge in [-0.1, -0.05) is 96.5 Å². The summed E-state index contributed by atoms with van der Waals surface area (Å²) < 4.78 is 12.1. The maximum Gasteiger partial charge on any atom is 0.410 e. The summed E-state index contributed by atoms with van der Waals surface area (Å²) in [4.78, 5) is 32.1. The van der Waals surface area contributed by atoms with Crippen LogP contribution in [-0.4, -0.2) is 58.9 Å². The summed E-state index contributed by atoms with van der Waals surface area (Å²) in [5.41, 5.74) is 14.4. The number of anilines is 2. The van der Waals surface area contributed by atoms with Gasteiger partial charge in [-0.3, -0.25) is 9.89 Å². The topological polar surface area (TPSA) is 114 Å². The molecule has 9 nitrogen and oxygen atoms in total. The first-order valence-electron chi connectivity index (χ1n) is 23.7. The summed E-state index contributed by atoms with van der Waals surface area (Å²) in [5.74, 6) is 1.67. The van der Waals surface area contributed by atoms with Gasteiger partial charge in [0.2, 0.25) is 0 Å². The van der Waals surface area contributed by atoms with E-state index in [0.29, 0.717) is 31.5 Å². The third-order valence-corrected chi connectivity index (χ3v) is 18.1. The zero-order valence-corrected chi connectivity index (χ0v) is 39.4. The molecule has 1 amide bonds. The highest BCUT2D eigenvalue weighted by molar-refractivity contribution is 5.82. The predicted octanol–water partition coefficient (Wildman–Crippen LogP) is 11.1. The largest absolute Gasteiger partial charge is 0.460 e. The number of fused-ring (bicyclic) bond motifs is 8. The fourth-order valence-corrected chi connectivity index (χ4v) is 14.6.